The molecule has 0 bridgehead atoms. The number of hydrogen-bond acceptors (Lipinski definition) is 6. The van der Waals surface area contributed by atoms with E-state index in [4.69, 9.17) is 5.73 Å². The predicted molar refractivity (Wildman–Crippen MR) is 128 cm³/mol. The van der Waals surface area contributed by atoms with E-state index >= 15 is 0 Å². The average Bonchev–Trinajstić information content (AvgIpc) is 3.00. The number of rotatable bonds is 6. The molecule has 4 aromatic rings. The molecule has 0 atom stereocenters. The van der Waals surface area contributed by atoms with Gasteiger partial charge in [0.2, 0.25) is 5.95 Å². The highest BCUT2D eigenvalue weighted by molar-refractivity contribution is 7.89. The van der Waals surface area contributed by atoms with Gasteiger partial charge in [-0.1, -0.05) is 24.3 Å². The number of aromatic nitrogens is 2. The third-order valence-electron chi connectivity index (χ3n) is 5.15. The molecule has 0 saturated heterocycles. The Labute approximate surface area is 181 Å². The monoisotopic (exact) mass is 435 g/mol. The number of fused-ring (bicyclic) bond motifs is 1. The van der Waals surface area contributed by atoms with E-state index in [-0.39, 0.29) is 5.75 Å². The first kappa shape index (κ1) is 20.7. The van der Waals surface area contributed by atoms with Crippen LogP contribution in [0.5, 0.6) is 0 Å². The second-order valence-electron chi connectivity index (χ2n) is 7.61. The molecule has 4 rings (SSSR count). The van der Waals surface area contributed by atoms with Crippen LogP contribution in [0.15, 0.2) is 60.7 Å². The quantitative estimate of drug-likeness (QED) is 0.420. The molecular weight excluding hydrogens is 410 g/mol. The molecule has 31 heavy (non-hydrogen) atoms. The molecule has 0 saturated carbocycles. The van der Waals surface area contributed by atoms with Crippen molar-refractivity contribution in [1.29, 1.82) is 0 Å². The van der Waals surface area contributed by atoms with Crippen LogP contribution in [-0.2, 0) is 22.6 Å². The van der Waals surface area contributed by atoms with E-state index in [1.807, 2.05) is 79.3 Å². The number of sulfone groups is 1. The lowest BCUT2D eigenvalue weighted by Gasteiger charge is -2.13. The first-order valence-corrected chi connectivity index (χ1v) is 11.9. The number of nitrogens with one attached hydrogen (secondary N) is 2. The molecule has 8 heteroatoms. The van der Waals surface area contributed by atoms with Gasteiger partial charge in [0, 0.05) is 43.0 Å². The molecule has 3 aromatic carbocycles. The lowest BCUT2D eigenvalue weighted by Crippen LogP contribution is -2.01. The van der Waals surface area contributed by atoms with Crippen LogP contribution in [0.4, 0.5) is 23.0 Å². The summed E-state index contributed by atoms with van der Waals surface area (Å²) in [6, 6.07) is 19.5. The number of nitrogens with zero attached hydrogens (tertiary/aromatic N) is 2. The van der Waals surface area contributed by atoms with E-state index in [1.54, 1.807) is 0 Å². The molecule has 0 fully saturated rings. The van der Waals surface area contributed by atoms with Crippen molar-refractivity contribution < 1.29 is 8.42 Å². The Morgan fingerprint density at radius 1 is 1.03 bits per heavy atom. The maximum Gasteiger partial charge on any atom is 0.200 e. The number of anilines is 4. The van der Waals surface area contributed by atoms with Gasteiger partial charge in [-0.2, -0.15) is 0 Å². The third kappa shape index (κ3) is 4.34. The van der Waals surface area contributed by atoms with Gasteiger partial charge in [0.05, 0.1) is 11.3 Å². The summed E-state index contributed by atoms with van der Waals surface area (Å²) < 4.78 is 25.1. The van der Waals surface area contributed by atoms with Crippen molar-refractivity contribution in [1.82, 2.24) is 9.55 Å². The molecule has 0 amide bonds. The highest BCUT2D eigenvalue weighted by Gasteiger charge is 2.15. The summed E-state index contributed by atoms with van der Waals surface area (Å²) in [7, 11) is 0.686. The Kier molecular flexibility index (Phi) is 5.32. The van der Waals surface area contributed by atoms with Crippen LogP contribution in [0.2, 0.25) is 0 Å². The van der Waals surface area contributed by atoms with Crippen LogP contribution >= 0.6 is 0 Å². The Bertz CT molecular complexity index is 1380. The first-order chi connectivity index (χ1) is 14.7. The molecule has 7 nitrogen and oxygen atoms in total. The van der Waals surface area contributed by atoms with Crippen LogP contribution < -0.4 is 16.4 Å². The molecule has 4 N–H and O–H groups in total. The van der Waals surface area contributed by atoms with Gasteiger partial charge >= 0.3 is 0 Å². The van der Waals surface area contributed by atoms with Gasteiger partial charge in [-0.15, -0.1) is 0 Å². The van der Waals surface area contributed by atoms with Crippen molar-refractivity contribution in [3.63, 3.8) is 0 Å². The molecule has 0 radical (unpaired) electrons. The van der Waals surface area contributed by atoms with Crippen molar-refractivity contribution >= 4 is 43.9 Å². The van der Waals surface area contributed by atoms with Crippen molar-refractivity contribution in [3.05, 3.63) is 66.2 Å². The average molecular weight is 436 g/mol. The van der Waals surface area contributed by atoms with Crippen LogP contribution in [-0.4, -0.2) is 31.3 Å². The summed E-state index contributed by atoms with van der Waals surface area (Å²) in [6.07, 6.45) is 1.24. The number of aryl methyl sites for hydroxylation is 1. The number of imidazole rings is 1. The lowest BCUT2D eigenvalue weighted by atomic mass is 10.0. The number of nitrogens with two attached hydrogens (primary N) is 1. The van der Waals surface area contributed by atoms with Crippen LogP contribution in [0.3, 0.4) is 0 Å². The summed E-state index contributed by atoms with van der Waals surface area (Å²) in [4.78, 5) is 4.58. The zero-order valence-corrected chi connectivity index (χ0v) is 18.5. The standard InChI is InChI=1S/C23H25N5O2S/c1-25-19-10-11-20-22(27-23(24)28(20)2)21(19)16-7-5-9-18(13-16)26-17-8-4-6-15(12-17)14-31(3,29)30/h4-13,25-26H,14H2,1-3H3,(H2,24,27). The minimum atomic E-state index is -3.09. The number of benzene rings is 3. The number of hydrogen-bond donors (Lipinski definition) is 3. The fourth-order valence-corrected chi connectivity index (χ4v) is 4.52. The predicted octanol–water partition coefficient (Wildman–Crippen LogP) is 4.15. The van der Waals surface area contributed by atoms with Gasteiger partial charge in [0.1, 0.15) is 5.52 Å². The smallest absolute Gasteiger partial charge is 0.200 e. The minimum Gasteiger partial charge on any atom is -0.388 e. The molecule has 160 valence electrons. The molecular formula is C23H25N5O2S. The Balaban J connectivity index is 1.74. The second-order valence-corrected chi connectivity index (χ2v) is 9.75. The van der Waals surface area contributed by atoms with Crippen molar-refractivity contribution in [2.45, 2.75) is 5.75 Å². The SMILES string of the molecule is CNc1ccc2c(nc(N)n2C)c1-c1cccc(Nc2cccc(CS(C)(=O)=O)c2)c1. The van der Waals surface area contributed by atoms with E-state index in [2.05, 4.69) is 15.6 Å². The van der Waals surface area contributed by atoms with Gasteiger partial charge in [0.25, 0.3) is 0 Å². The molecule has 0 spiro atoms. The van der Waals surface area contributed by atoms with Crippen LogP contribution in [0.1, 0.15) is 5.56 Å². The van der Waals surface area contributed by atoms with Gasteiger partial charge in [-0.05, 0) is 47.5 Å². The van der Waals surface area contributed by atoms with E-state index in [9.17, 15) is 8.42 Å². The van der Waals surface area contributed by atoms with Gasteiger partial charge in [-0.3, -0.25) is 0 Å². The largest absolute Gasteiger partial charge is 0.388 e. The van der Waals surface area contributed by atoms with E-state index in [0.717, 1.165) is 44.8 Å². The fourth-order valence-electron chi connectivity index (χ4n) is 3.74. The highest BCUT2D eigenvalue weighted by atomic mass is 32.2. The minimum absolute atomic E-state index is 0.0111. The van der Waals surface area contributed by atoms with E-state index in [1.165, 1.54) is 6.26 Å². The van der Waals surface area contributed by atoms with Crippen LogP contribution in [0, 0.1) is 0 Å². The summed E-state index contributed by atoms with van der Waals surface area (Å²) in [6.45, 7) is 0. The zero-order valence-electron chi connectivity index (χ0n) is 17.7. The summed E-state index contributed by atoms with van der Waals surface area (Å²) in [5.41, 5.74) is 13.2. The second kappa shape index (κ2) is 7.96. The molecule has 0 unspecified atom stereocenters. The zero-order chi connectivity index (χ0) is 22.2. The summed E-state index contributed by atoms with van der Waals surface area (Å²) >= 11 is 0. The molecule has 0 aliphatic rings. The number of nitrogen functional groups attached to an aromatic ring is 1. The molecule has 0 aliphatic heterocycles. The highest BCUT2D eigenvalue weighted by Crippen LogP contribution is 2.37. The fraction of sp³-hybridized carbons (Fsp3) is 0.174. The molecule has 0 aliphatic carbocycles. The van der Waals surface area contributed by atoms with Gasteiger partial charge in [-0.25, -0.2) is 13.4 Å². The topological polar surface area (TPSA) is 102 Å². The molecule has 1 aromatic heterocycles. The van der Waals surface area contributed by atoms with Crippen molar-refractivity contribution in [2.75, 3.05) is 29.7 Å². The summed E-state index contributed by atoms with van der Waals surface area (Å²) in [5.74, 6) is 0.471. The maximum atomic E-state index is 11.6. The van der Waals surface area contributed by atoms with E-state index < -0.39 is 9.84 Å². The van der Waals surface area contributed by atoms with Crippen molar-refractivity contribution in [3.8, 4) is 11.1 Å². The Morgan fingerprint density at radius 2 is 1.74 bits per heavy atom. The lowest BCUT2D eigenvalue weighted by molar-refractivity contribution is 0.601. The van der Waals surface area contributed by atoms with E-state index in [0.29, 0.717) is 5.95 Å². The maximum absolute atomic E-state index is 11.6. The van der Waals surface area contributed by atoms with Gasteiger partial charge in [0.15, 0.2) is 9.84 Å². The summed E-state index contributed by atoms with van der Waals surface area (Å²) in [5, 5.41) is 6.62. The first-order valence-electron chi connectivity index (χ1n) is 9.82. The normalized spacial score (nSPS) is 11.6. The Morgan fingerprint density at radius 3 is 2.45 bits per heavy atom. The van der Waals surface area contributed by atoms with Gasteiger partial charge < -0.3 is 20.9 Å². The Hall–Kier alpha value is -3.52. The van der Waals surface area contributed by atoms with Crippen LogP contribution in [0.25, 0.3) is 22.2 Å². The molecule has 1 heterocycles. The third-order valence-corrected chi connectivity index (χ3v) is 6.01. The van der Waals surface area contributed by atoms with Crippen molar-refractivity contribution in [2.24, 2.45) is 7.05 Å².